The predicted molar refractivity (Wildman–Crippen MR) is 112 cm³/mol. The van der Waals surface area contributed by atoms with Gasteiger partial charge in [0.25, 0.3) is 11.5 Å². The maximum Gasteiger partial charge on any atom is 0.292 e. The van der Waals surface area contributed by atoms with Crippen molar-refractivity contribution in [3.8, 4) is 11.4 Å². The van der Waals surface area contributed by atoms with Crippen LogP contribution < -0.4 is 20.5 Å². The number of aromatic nitrogens is 2. The highest BCUT2D eigenvalue weighted by Crippen LogP contribution is 2.31. The van der Waals surface area contributed by atoms with E-state index in [0.29, 0.717) is 37.0 Å². The Morgan fingerprint density at radius 1 is 1.13 bits per heavy atom. The molecule has 1 amide bonds. The molecule has 0 unspecified atom stereocenters. The molecule has 160 valence electrons. The lowest BCUT2D eigenvalue weighted by Gasteiger charge is -2.29. The minimum atomic E-state index is -0.929. The van der Waals surface area contributed by atoms with Gasteiger partial charge in [0.2, 0.25) is 0 Å². The summed E-state index contributed by atoms with van der Waals surface area (Å²) >= 11 is 6.14. The molecule has 0 saturated carbocycles. The van der Waals surface area contributed by atoms with E-state index < -0.39 is 17.2 Å². The van der Waals surface area contributed by atoms with E-state index >= 15 is 0 Å². The van der Waals surface area contributed by atoms with Crippen molar-refractivity contribution in [1.29, 1.82) is 0 Å². The van der Waals surface area contributed by atoms with Gasteiger partial charge < -0.3 is 15.0 Å². The van der Waals surface area contributed by atoms with E-state index in [9.17, 15) is 18.4 Å². The van der Waals surface area contributed by atoms with Crippen molar-refractivity contribution in [3.63, 3.8) is 0 Å². The van der Waals surface area contributed by atoms with Gasteiger partial charge >= 0.3 is 0 Å². The van der Waals surface area contributed by atoms with Crippen LogP contribution in [0.15, 0.2) is 53.5 Å². The fraction of sp³-hybridized carbons (Fsp3) is 0.190. The highest BCUT2D eigenvalue weighted by atomic mass is 35.5. The SMILES string of the molecule is O=C1COc2ccccc2N1CCCNc1cnn(-c2ccc(F)cc2F)c(=O)c1Cl. The molecule has 2 heterocycles. The topological polar surface area (TPSA) is 76.5 Å². The maximum absolute atomic E-state index is 14.0. The summed E-state index contributed by atoms with van der Waals surface area (Å²) in [7, 11) is 0. The van der Waals surface area contributed by atoms with Gasteiger partial charge in [-0.2, -0.15) is 9.78 Å². The Morgan fingerprint density at radius 3 is 2.74 bits per heavy atom. The Bertz CT molecular complexity index is 1200. The van der Waals surface area contributed by atoms with Crippen molar-refractivity contribution < 1.29 is 18.3 Å². The van der Waals surface area contributed by atoms with Crippen LogP contribution >= 0.6 is 11.6 Å². The average Bonchev–Trinajstić information content (AvgIpc) is 2.76. The molecule has 3 aromatic rings. The van der Waals surface area contributed by atoms with Gasteiger partial charge in [-0.1, -0.05) is 23.7 Å². The molecule has 1 aliphatic rings. The zero-order valence-corrected chi connectivity index (χ0v) is 16.9. The van der Waals surface area contributed by atoms with Crippen LogP contribution in [-0.4, -0.2) is 35.4 Å². The molecular formula is C21H17ClF2N4O3. The summed E-state index contributed by atoms with van der Waals surface area (Å²) in [6.07, 6.45) is 1.85. The standard InChI is InChI=1S/C21H17ClF2N4O3/c22-20-15(11-26-28(21(20)30)16-7-6-13(23)10-14(16)24)25-8-3-9-27-17-4-1-2-5-18(17)31-12-19(27)29/h1-2,4-7,10-11,25H,3,8-9,12H2. The summed E-state index contributed by atoms with van der Waals surface area (Å²) in [5.74, 6) is -1.18. The number of hydrogen-bond acceptors (Lipinski definition) is 5. The number of rotatable bonds is 6. The lowest BCUT2D eigenvalue weighted by atomic mass is 10.2. The second-order valence-electron chi connectivity index (χ2n) is 6.77. The third-order valence-corrected chi connectivity index (χ3v) is 5.10. The maximum atomic E-state index is 14.0. The van der Waals surface area contributed by atoms with Crippen molar-refractivity contribution in [3.05, 3.63) is 75.7 Å². The predicted octanol–water partition coefficient (Wildman–Crippen LogP) is 3.39. The normalized spacial score (nSPS) is 13.0. The Balaban J connectivity index is 1.42. The second-order valence-corrected chi connectivity index (χ2v) is 7.14. The smallest absolute Gasteiger partial charge is 0.292 e. The minimum absolute atomic E-state index is 0.0155. The van der Waals surface area contributed by atoms with E-state index in [-0.39, 0.29) is 28.9 Å². The Kier molecular flexibility index (Phi) is 5.85. The molecule has 7 nitrogen and oxygen atoms in total. The number of fused-ring (bicyclic) bond motifs is 1. The van der Waals surface area contributed by atoms with Crippen molar-refractivity contribution in [2.45, 2.75) is 6.42 Å². The van der Waals surface area contributed by atoms with Crippen LogP contribution in [0.1, 0.15) is 6.42 Å². The molecule has 4 rings (SSSR count). The average molecular weight is 447 g/mol. The van der Waals surface area contributed by atoms with E-state index in [1.165, 1.54) is 6.20 Å². The number of halogens is 3. The molecule has 2 aromatic carbocycles. The van der Waals surface area contributed by atoms with Crippen molar-refractivity contribution in [2.75, 3.05) is 29.9 Å². The van der Waals surface area contributed by atoms with Crippen molar-refractivity contribution in [2.24, 2.45) is 0 Å². The van der Waals surface area contributed by atoms with Gasteiger partial charge in [0.15, 0.2) is 12.4 Å². The number of anilines is 2. The molecule has 0 saturated heterocycles. The first-order chi connectivity index (χ1) is 15.0. The van der Waals surface area contributed by atoms with Crippen LogP contribution in [0.5, 0.6) is 5.75 Å². The molecule has 0 aliphatic carbocycles. The number of nitrogens with one attached hydrogen (secondary N) is 1. The Labute approximate surface area is 180 Å². The molecule has 0 bridgehead atoms. The lowest BCUT2D eigenvalue weighted by Crippen LogP contribution is -2.39. The fourth-order valence-corrected chi connectivity index (χ4v) is 3.44. The summed E-state index contributed by atoms with van der Waals surface area (Å²) in [6.45, 7) is 0.829. The molecular weight excluding hydrogens is 430 g/mol. The number of amides is 1. The van der Waals surface area contributed by atoms with Gasteiger partial charge in [-0.05, 0) is 30.7 Å². The quantitative estimate of drug-likeness (QED) is 0.587. The second kappa shape index (κ2) is 8.73. The first kappa shape index (κ1) is 20.8. The van der Waals surface area contributed by atoms with Crippen LogP contribution in [0, 0.1) is 11.6 Å². The summed E-state index contributed by atoms with van der Waals surface area (Å²) in [6, 6.07) is 10.1. The number of ether oxygens (including phenoxy) is 1. The molecule has 0 atom stereocenters. The highest BCUT2D eigenvalue weighted by Gasteiger charge is 2.24. The van der Waals surface area contributed by atoms with E-state index in [4.69, 9.17) is 16.3 Å². The van der Waals surface area contributed by atoms with Crippen LogP contribution in [0.3, 0.4) is 0 Å². The van der Waals surface area contributed by atoms with Crippen molar-refractivity contribution in [1.82, 2.24) is 9.78 Å². The zero-order chi connectivity index (χ0) is 22.0. The van der Waals surface area contributed by atoms with E-state index in [2.05, 4.69) is 10.4 Å². The van der Waals surface area contributed by atoms with E-state index in [1.807, 2.05) is 18.2 Å². The number of nitrogens with zero attached hydrogens (tertiary/aromatic N) is 3. The fourth-order valence-electron chi connectivity index (χ4n) is 3.24. The largest absolute Gasteiger partial charge is 0.482 e. The molecule has 1 N–H and O–H groups in total. The van der Waals surface area contributed by atoms with Crippen LogP contribution in [-0.2, 0) is 4.79 Å². The van der Waals surface area contributed by atoms with Crippen LogP contribution in [0.25, 0.3) is 5.69 Å². The van der Waals surface area contributed by atoms with Crippen LogP contribution in [0.2, 0.25) is 5.02 Å². The first-order valence-corrected chi connectivity index (χ1v) is 9.83. The van der Waals surface area contributed by atoms with Gasteiger partial charge in [-0.25, -0.2) is 8.78 Å². The summed E-state index contributed by atoms with van der Waals surface area (Å²) < 4.78 is 33.3. The molecule has 1 aromatic heterocycles. The van der Waals surface area contributed by atoms with Crippen LogP contribution in [0.4, 0.5) is 20.2 Å². The lowest BCUT2D eigenvalue weighted by molar-refractivity contribution is -0.121. The highest BCUT2D eigenvalue weighted by molar-refractivity contribution is 6.32. The summed E-state index contributed by atoms with van der Waals surface area (Å²) in [4.78, 5) is 26.3. The number of benzene rings is 2. The van der Waals surface area contributed by atoms with E-state index in [0.717, 1.165) is 16.8 Å². The summed E-state index contributed by atoms with van der Waals surface area (Å²) in [5.41, 5.74) is 0.0420. The molecule has 31 heavy (non-hydrogen) atoms. The first-order valence-electron chi connectivity index (χ1n) is 9.45. The number of carbonyl (C=O) groups excluding carboxylic acids is 1. The molecule has 0 radical (unpaired) electrons. The van der Waals surface area contributed by atoms with Crippen molar-refractivity contribution >= 4 is 28.9 Å². The van der Waals surface area contributed by atoms with Gasteiger partial charge in [-0.3, -0.25) is 9.59 Å². The molecule has 10 heteroatoms. The Hall–Kier alpha value is -3.46. The summed E-state index contributed by atoms with van der Waals surface area (Å²) in [5, 5.41) is 6.75. The van der Waals surface area contributed by atoms with Gasteiger partial charge in [0.1, 0.15) is 22.3 Å². The third kappa shape index (κ3) is 4.22. The monoisotopic (exact) mass is 446 g/mol. The number of carbonyl (C=O) groups is 1. The third-order valence-electron chi connectivity index (χ3n) is 4.74. The van der Waals surface area contributed by atoms with Gasteiger partial charge in [-0.15, -0.1) is 0 Å². The minimum Gasteiger partial charge on any atom is -0.482 e. The Morgan fingerprint density at radius 2 is 1.94 bits per heavy atom. The molecule has 0 spiro atoms. The number of hydrogen-bond donors (Lipinski definition) is 1. The van der Waals surface area contributed by atoms with E-state index in [1.54, 1.807) is 11.0 Å². The molecule has 1 aliphatic heterocycles. The molecule has 0 fully saturated rings. The van der Waals surface area contributed by atoms with Gasteiger partial charge in [0.05, 0.1) is 17.6 Å². The number of para-hydroxylation sites is 2. The zero-order valence-electron chi connectivity index (χ0n) is 16.1. The van der Waals surface area contributed by atoms with Gasteiger partial charge in [0, 0.05) is 19.2 Å².